The Balaban J connectivity index is 2.18. The highest BCUT2D eigenvalue weighted by Gasteiger charge is 2.17. The van der Waals surface area contributed by atoms with Crippen molar-refractivity contribution in [3.05, 3.63) is 29.3 Å². The number of methoxy groups -OCH3 is 1. The zero-order chi connectivity index (χ0) is 13.1. The van der Waals surface area contributed by atoms with Crippen molar-refractivity contribution in [3.63, 3.8) is 0 Å². The lowest BCUT2D eigenvalue weighted by Gasteiger charge is -2.28. The smallest absolute Gasteiger partial charge is 0.338 e. The molecule has 96 valence electrons. The van der Waals surface area contributed by atoms with E-state index in [9.17, 15) is 9.59 Å². The van der Waals surface area contributed by atoms with Gasteiger partial charge in [-0.05, 0) is 30.7 Å². The predicted octanol–water partition coefficient (Wildman–Crippen LogP) is 1.95. The van der Waals surface area contributed by atoms with Crippen LogP contribution in [-0.4, -0.2) is 32.0 Å². The fourth-order valence-electron chi connectivity index (χ4n) is 2.20. The highest BCUT2D eigenvalue weighted by molar-refractivity contribution is 5.91. The summed E-state index contributed by atoms with van der Waals surface area (Å²) >= 11 is 0. The molecule has 18 heavy (non-hydrogen) atoms. The Morgan fingerprint density at radius 2 is 1.94 bits per heavy atom. The molecule has 0 unspecified atom stereocenters. The SMILES string of the molecule is COC(=O)c1ccc(N2CCC(=O)CC2)cc1C. The van der Waals surface area contributed by atoms with E-state index in [2.05, 4.69) is 4.90 Å². The summed E-state index contributed by atoms with van der Waals surface area (Å²) in [7, 11) is 1.38. The molecule has 1 aromatic carbocycles. The molecular weight excluding hydrogens is 230 g/mol. The predicted molar refractivity (Wildman–Crippen MR) is 69.0 cm³/mol. The molecule has 0 bridgehead atoms. The van der Waals surface area contributed by atoms with Gasteiger partial charge in [0.1, 0.15) is 5.78 Å². The molecule has 1 heterocycles. The number of nitrogens with zero attached hydrogens (tertiary/aromatic N) is 1. The number of carbonyl (C=O) groups excluding carboxylic acids is 2. The summed E-state index contributed by atoms with van der Waals surface area (Å²) in [4.78, 5) is 24.9. The number of anilines is 1. The van der Waals surface area contributed by atoms with Crippen LogP contribution in [0.4, 0.5) is 5.69 Å². The van der Waals surface area contributed by atoms with E-state index in [0.717, 1.165) is 24.3 Å². The van der Waals surface area contributed by atoms with E-state index in [-0.39, 0.29) is 5.97 Å². The fraction of sp³-hybridized carbons (Fsp3) is 0.429. The third-order valence-corrected chi connectivity index (χ3v) is 3.30. The average molecular weight is 247 g/mol. The molecule has 0 spiro atoms. The minimum atomic E-state index is -0.312. The van der Waals surface area contributed by atoms with Crippen LogP contribution >= 0.6 is 0 Å². The van der Waals surface area contributed by atoms with Crippen LogP contribution in [0.25, 0.3) is 0 Å². The molecule has 0 radical (unpaired) electrons. The first-order valence-electron chi connectivity index (χ1n) is 6.07. The molecule has 0 N–H and O–H groups in total. The van der Waals surface area contributed by atoms with Gasteiger partial charge in [-0.2, -0.15) is 0 Å². The lowest BCUT2D eigenvalue weighted by molar-refractivity contribution is -0.119. The van der Waals surface area contributed by atoms with Crippen LogP contribution in [-0.2, 0) is 9.53 Å². The van der Waals surface area contributed by atoms with Crippen molar-refractivity contribution >= 4 is 17.4 Å². The largest absolute Gasteiger partial charge is 0.465 e. The van der Waals surface area contributed by atoms with Crippen LogP contribution in [0.5, 0.6) is 0 Å². The Morgan fingerprint density at radius 1 is 1.28 bits per heavy atom. The van der Waals surface area contributed by atoms with Gasteiger partial charge in [-0.1, -0.05) is 0 Å². The van der Waals surface area contributed by atoms with Crippen LogP contribution < -0.4 is 4.90 Å². The minimum absolute atomic E-state index is 0.312. The topological polar surface area (TPSA) is 46.6 Å². The third-order valence-electron chi connectivity index (χ3n) is 3.30. The van der Waals surface area contributed by atoms with Crippen molar-refractivity contribution < 1.29 is 14.3 Å². The van der Waals surface area contributed by atoms with Crippen molar-refractivity contribution in [2.45, 2.75) is 19.8 Å². The molecule has 0 atom stereocenters. The fourth-order valence-corrected chi connectivity index (χ4v) is 2.20. The van der Waals surface area contributed by atoms with E-state index in [1.54, 1.807) is 6.07 Å². The zero-order valence-corrected chi connectivity index (χ0v) is 10.7. The van der Waals surface area contributed by atoms with E-state index in [1.807, 2.05) is 19.1 Å². The van der Waals surface area contributed by atoms with Crippen LogP contribution in [0.15, 0.2) is 18.2 Å². The average Bonchev–Trinajstić information content (AvgIpc) is 2.38. The normalized spacial score (nSPS) is 15.7. The zero-order valence-electron chi connectivity index (χ0n) is 10.7. The number of ketones is 1. The number of esters is 1. The molecule has 4 heteroatoms. The second-order valence-electron chi connectivity index (χ2n) is 4.52. The molecule has 1 aliphatic rings. The number of Topliss-reactive ketones (excluding diaryl/α,β-unsaturated/α-hetero) is 1. The first kappa shape index (κ1) is 12.6. The van der Waals surface area contributed by atoms with Crippen molar-refractivity contribution in [1.82, 2.24) is 0 Å². The maximum absolute atomic E-state index is 11.5. The quantitative estimate of drug-likeness (QED) is 0.749. The van der Waals surface area contributed by atoms with Crippen LogP contribution in [0.2, 0.25) is 0 Å². The molecule has 2 rings (SSSR count). The number of hydrogen-bond acceptors (Lipinski definition) is 4. The number of hydrogen-bond donors (Lipinski definition) is 0. The second-order valence-corrected chi connectivity index (χ2v) is 4.52. The van der Waals surface area contributed by atoms with Gasteiger partial charge in [-0.15, -0.1) is 0 Å². The van der Waals surface area contributed by atoms with Crippen molar-refractivity contribution in [3.8, 4) is 0 Å². The summed E-state index contributed by atoms with van der Waals surface area (Å²) in [5.74, 6) is 0.0158. The number of ether oxygens (including phenoxy) is 1. The summed E-state index contributed by atoms with van der Waals surface area (Å²) in [5, 5.41) is 0. The van der Waals surface area contributed by atoms with E-state index in [0.29, 0.717) is 24.2 Å². The van der Waals surface area contributed by atoms with Gasteiger partial charge in [-0.3, -0.25) is 4.79 Å². The summed E-state index contributed by atoms with van der Waals surface area (Å²) < 4.78 is 4.72. The van der Waals surface area contributed by atoms with Gasteiger partial charge in [-0.25, -0.2) is 4.79 Å². The number of rotatable bonds is 2. The molecule has 0 saturated carbocycles. The summed E-state index contributed by atoms with van der Waals surface area (Å²) in [6.45, 7) is 3.41. The van der Waals surface area contributed by atoms with Gasteiger partial charge in [0.2, 0.25) is 0 Å². The number of carbonyl (C=O) groups is 2. The highest BCUT2D eigenvalue weighted by atomic mass is 16.5. The summed E-state index contributed by atoms with van der Waals surface area (Å²) in [5.41, 5.74) is 2.55. The van der Waals surface area contributed by atoms with Crippen molar-refractivity contribution in [2.75, 3.05) is 25.1 Å². The molecule has 4 nitrogen and oxygen atoms in total. The Morgan fingerprint density at radius 3 is 2.50 bits per heavy atom. The first-order chi connectivity index (χ1) is 8.61. The minimum Gasteiger partial charge on any atom is -0.465 e. The van der Waals surface area contributed by atoms with Crippen LogP contribution in [0.3, 0.4) is 0 Å². The van der Waals surface area contributed by atoms with E-state index >= 15 is 0 Å². The van der Waals surface area contributed by atoms with E-state index < -0.39 is 0 Å². The van der Waals surface area contributed by atoms with Gasteiger partial charge < -0.3 is 9.64 Å². The Labute approximate surface area is 107 Å². The van der Waals surface area contributed by atoms with Crippen LogP contribution in [0, 0.1) is 6.92 Å². The molecule has 1 aliphatic heterocycles. The van der Waals surface area contributed by atoms with Gasteiger partial charge in [0.05, 0.1) is 12.7 Å². The molecule has 1 fully saturated rings. The molecule has 0 amide bonds. The van der Waals surface area contributed by atoms with Gasteiger partial charge >= 0.3 is 5.97 Å². The standard InChI is InChI=1S/C14H17NO3/c1-10-9-11(3-4-13(10)14(17)18-2)15-7-5-12(16)6-8-15/h3-4,9H,5-8H2,1-2H3. The Bertz CT molecular complexity index is 472. The van der Waals surface area contributed by atoms with Gasteiger partial charge in [0.15, 0.2) is 0 Å². The molecule has 1 aromatic rings. The Hall–Kier alpha value is -1.84. The van der Waals surface area contributed by atoms with E-state index in [1.165, 1.54) is 7.11 Å². The number of piperidine rings is 1. The first-order valence-corrected chi connectivity index (χ1v) is 6.07. The maximum atomic E-state index is 11.5. The van der Waals surface area contributed by atoms with Crippen molar-refractivity contribution in [2.24, 2.45) is 0 Å². The second kappa shape index (κ2) is 5.21. The van der Waals surface area contributed by atoms with Gasteiger partial charge in [0, 0.05) is 31.6 Å². The third kappa shape index (κ3) is 2.53. The monoisotopic (exact) mass is 247 g/mol. The maximum Gasteiger partial charge on any atom is 0.338 e. The Kier molecular flexibility index (Phi) is 3.65. The molecule has 0 aliphatic carbocycles. The number of aryl methyl sites for hydroxylation is 1. The lowest BCUT2D eigenvalue weighted by atomic mass is 10.0. The highest BCUT2D eigenvalue weighted by Crippen LogP contribution is 2.22. The van der Waals surface area contributed by atoms with Crippen molar-refractivity contribution in [1.29, 1.82) is 0 Å². The van der Waals surface area contributed by atoms with Crippen LogP contribution in [0.1, 0.15) is 28.8 Å². The van der Waals surface area contributed by atoms with Gasteiger partial charge in [0.25, 0.3) is 0 Å². The molecular formula is C14H17NO3. The lowest BCUT2D eigenvalue weighted by Crippen LogP contribution is -2.33. The summed E-state index contributed by atoms with van der Waals surface area (Å²) in [6.07, 6.45) is 1.22. The molecule has 0 aromatic heterocycles. The molecule has 1 saturated heterocycles. The van der Waals surface area contributed by atoms with E-state index in [4.69, 9.17) is 4.74 Å². The number of benzene rings is 1. The summed E-state index contributed by atoms with van der Waals surface area (Å²) in [6, 6.07) is 5.67.